The fourth-order valence-corrected chi connectivity index (χ4v) is 4.86. The van der Waals surface area contributed by atoms with E-state index in [4.69, 9.17) is 0 Å². The second-order valence-corrected chi connectivity index (χ2v) is 9.16. The van der Waals surface area contributed by atoms with Gasteiger partial charge in [-0.2, -0.15) is 0 Å². The van der Waals surface area contributed by atoms with Crippen LogP contribution in [0.3, 0.4) is 0 Å². The van der Waals surface area contributed by atoms with Crippen molar-refractivity contribution in [1.82, 2.24) is 0 Å². The second-order valence-electron chi connectivity index (χ2n) is 9.16. The number of hydrogen-bond acceptors (Lipinski definition) is 0. The monoisotopic (exact) mass is 418 g/mol. The van der Waals surface area contributed by atoms with Crippen LogP contribution in [0.5, 0.6) is 0 Å². The normalized spacial score (nSPS) is 12.5. The van der Waals surface area contributed by atoms with E-state index in [1.165, 1.54) is 66.8 Å². The molecule has 0 aromatic heterocycles. The summed E-state index contributed by atoms with van der Waals surface area (Å²) < 4.78 is 0. The quantitative estimate of drug-likeness (QED) is 0.350. The zero-order valence-corrected chi connectivity index (χ0v) is 22.3. The number of rotatable bonds is 9. The molecule has 0 heteroatoms. The van der Waals surface area contributed by atoms with E-state index in [0.29, 0.717) is 0 Å². The summed E-state index contributed by atoms with van der Waals surface area (Å²) in [4.78, 5) is 0. The molecule has 0 amide bonds. The molecule has 0 aliphatic rings. The highest BCUT2D eigenvalue weighted by molar-refractivity contribution is 5.90. The molecule has 31 heavy (non-hydrogen) atoms. The van der Waals surface area contributed by atoms with E-state index >= 15 is 0 Å². The van der Waals surface area contributed by atoms with Gasteiger partial charge < -0.3 is 0 Å². The van der Waals surface area contributed by atoms with Crippen molar-refractivity contribution in [1.29, 1.82) is 0 Å². The van der Waals surface area contributed by atoms with Gasteiger partial charge in [0.2, 0.25) is 0 Å². The van der Waals surface area contributed by atoms with Crippen LogP contribution in [0.1, 0.15) is 109 Å². The minimum atomic E-state index is 1.03. The highest BCUT2D eigenvalue weighted by atomic mass is 14.3. The van der Waals surface area contributed by atoms with E-state index in [1.807, 2.05) is 0 Å². The maximum Gasteiger partial charge on any atom is -0.0111 e. The Labute approximate surface area is 193 Å². The van der Waals surface area contributed by atoms with Crippen molar-refractivity contribution in [3.63, 3.8) is 0 Å². The molecule has 0 atom stereocenters. The largest absolute Gasteiger partial charge is 0.0958 e. The fraction of sp³-hybridized carbons (Fsp3) is 0.484. The first-order chi connectivity index (χ1) is 14.5. The smallest absolute Gasteiger partial charge is 0.0111 e. The lowest BCUT2D eigenvalue weighted by molar-refractivity contribution is 0.892. The molecule has 1 aromatic rings. The summed E-state index contributed by atoms with van der Waals surface area (Å²) in [5.74, 6) is 0. The first-order valence-corrected chi connectivity index (χ1v) is 12.0. The lowest BCUT2D eigenvalue weighted by Gasteiger charge is -2.29. The van der Waals surface area contributed by atoms with Gasteiger partial charge in [0.05, 0.1) is 0 Å². The number of hydrogen-bond donors (Lipinski definition) is 0. The SMILES string of the molecule is C=C(C)C(C)=C(C(C)=C(C)C)/C(=C\C)c1c(CCC)c(C)c(C(=C)C)c(CC)c1CC. The van der Waals surface area contributed by atoms with E-state index in [2.05, 4.69) is 95.4 Å². The van der Waals surface area contributed by atoms with Crippen molar-refractivity contribution in [3.8, 4) is 0 Å². The summed E-state index contributed by atoms with van der Waals surface area (Å²) in [6.45, 7) is 33.3. The number of benzene rings is 1. The molecule has 0 heterocycles. The molecule has 0 nitrogen and oxygen atoms in total. The van der Waals surface area contributed by atoms with Crippen LogP contribution >= 0.6 is 0 Å². The predicted molar refractivity (Wildman–Crippen MR) is 144 cm³/mol. The topological polar surface area (TPSA) is 0 Å². The average molecular weight is 419 g/mol. The van der Waals surface area contributed by atoms with Crippen LogP contribution < -0.4 is 0 Å². The maximum atomic E-state index is 4.36. The van der Waals surface area contributed by atoms with Crippen LogP contribution in [0.4, 0.5) is 0 Å². The van der Waals surface area contributed by atoms with E-state index in [0.717, 1.165) is 31.3 Å². The van der Waals surface area contributed by atoms with Crippen LogP contribution in [0.25, 0.3) is 11.1 Å². The summed E-state index contributed by atoms with van der Waals surface area (Å²) in [5.41, 5.74) is 17.8. The molecule has 0 aliphatic heterocycles. The lowest BCUT2D eigenvalue weighted by atomic mass is 9.75. The third kappa shape index (κ3) is 5.40. The van der Waals surface area contributed by atoms with Gasteiger partial charge in [-0.3, -0.25) is 0 Å². The summed E-state index contributed by atoms with van der Waals surface area (Å²) in [5, 5.41) is 0. The molecule has 0 unspecified atom stereocenters. The summed E-state index contributed by atoms with van der Waals surface area (Å²) in [6, 6.07) is 0. The van der Waals surface area contributed by atoms with Gasteiger partial charge >= 0.3 is 0 Å². The lowest BCUT2D eigenvalue weighted by Crippen LogP contribution is -2.12. The van der Waals surface area contributed by atoms with Gasteiger partial charge in [-0.1, -0.05) is 63.1 Å². The van der Waals surface area contributed by atoms with Gasteiger partial charge in [-0.15, -0.1) is 0 Å². The minimum absolute atomic E-state index is 1.03. The van der Waals surface area contributed by atoms with E-state index in [1.54, 1.807) is 0 Å². The Morgan fingerprint density at radius 1 is 0.774 bits per heavy atom. The van der Waals surface area contributed by atoms with Crippen molar-refractivity contribution >= 4 is 11.1 Å². The second kappa shape index (κ2) is 11.5. The van der Waals surface area contributed by atoms with Crippen LogP contribution in [0.2, 0.25) is 0 Å². The Hall–Kier alpha value is -2.08. The highest BCUT2D eigenvalue weighted by Gasteiger charge is 2.25. The Morgan fingerprint density at radius 2 is 1.29 bits per heavy atom. The van der Waals surface area contributed by atoms with Crippen molar-refractivity contribution in [2.24, 2.45) is 0 Å². The van der Waals surface area contributed by atoms with Crippen molar-refractivity contribution in [2.45, 2.75) is 102 Å². The molecule has 0 bridgehead atoms. The van der Waals surface area contributed by atoms with Gasteiger partial charge in [-0.25, -0.2) is 0 Å². The summed E-state index contributed by atoms with van der Waals surface area (Å²) >= 11 is 0. The molecule has 170 valence electrons. The average Bonchev–Trinajstić information content (AvgIpc) is 2.71. The van der Waals surface area contributed by atoms with Crippen LogP contribution in [0, 0.1) is 6.92 Å². The maximum absolute atomic E-state index is 4.36. The Kier molecular flexibility index (Phi) is 10.0. The number of allylic oxidation sites excluding steroid dienone is 8. The van der Waals surface area contributed by atoms with E-state index in [-0.39, 0.29) is 0 Å². The van der Waals surface area contributed by atoms with Crippen molar-refractivity contribution < 1.29 is 0 Å². The van der Waals surface area contributed by atoms with Gasteiger partial charge in [0.1, 0.15) is 0 Å². The van der Waals surface area contributed by atoms with Gasteiger partial charge in [-0.05, 0) is 130 Å². The molecule has 0 fully saturated rings. The summed E-state index contributed by atoms with van der Waals surface area (Å²) in [6.07, 6.45) is 6.61. The molecule has 0 N–H and O–H groups in total. The molecular formula is C31H46. The Morgan fingerprint density at radius 3 is 1.65 bits per heavy atom. The molecule has 0 radical (unpaired) electrons. The van der Waals surface area contributed by atoms with E-state index < -0.39 is 0 Å². The third-order valence-electron chi connectivity index (χ3n) is 6.70. The van der Waals surface area contributed by atoms with Crippen LogP contribution in [-0.2, 0) is 19.3 Å². The third-order valence-corrected chi connectivity index (χ3v) is 6.70. The van der Waals surface area contributed by atoms with Gasteiger partial charge in [0.25, 0.3) is 0 Å². The molecule has 0 saturated carbocycles. The van der Waals surface area contributed by atoms with Crippen LogP contribution in [-0.4, -0.2) is 0 Å². The summed E-state index contributed by atoms with van der Waals surface area (Å²) in [7, 11) is 0. The Bertz CT molecular complexity index is 950. The molecule has 0 aliphatic carbocycles. The van der Waals surface area contributed by atoms with E-state index in [9.17, 15) is 0 Å². The van der Waals surface area contributed by atoms with Crippen molar-refractivity contribution in [2.75, 3.05) is 0 Å². The predicted octanol–water partition coefficient (Wildman–Crippen LogP) is 9.76. The zero-order valence-electron chi connectivity index (χ0n) is 22.3. The Balaban J connectivity index is 4.34. The highest BCUT2D eigenvalue weighted by Crippen LogP contribution is 2.42. The zero-order chi connectivity index (χ0) is 24.0. The molecule has 1 aromatic carbocycles. The first kappa shape index (κ1) is 27.0. The van der Waals surface area contributed by atoms with Gasteiger partial charge in [0, 0.05) is 0 Å². The van der Waals surface area contributed by atoms with Crippen molar-refractivity contribution in [3.05, 3.63) is 80.5 Å². The minimum Gasteiger partial charge on any atom is -0.0958 e. The molecule has 0 spiro atoms. The molecular weight excluding hydrogens is 372 g/mol. The molecule has 1 rings (SSSR count). The standard InChI is InChI=1S/C31H46/c1-14-18-28-24(13)29(21(9)10)25(15-2)26(16-3)31(28)27(17-4)30(22(11)19(5)6)23(12)20(7)8/h17H,5,9,14-16,18H2,1-4,6-8,10-13H3/b27-17+,30-22?. The van der Waals surface area contributed by atoms with Crippen LogP contribution in [0.15, 0.2) is 47.1 Å². The fourth-order valence-electron chi connectivity index (χ4n) is 4.86. The van der Waals surface area contributed by atoms with Gasteiger partial charge in [0.15, 0.2) is 0 Å². The first-order valence-electron chi connectivity index (χ1n) is 12.0. The molecule has 0 saturated heterocycles.